The van der Waals surface area contributed by atoms with Crippen molar-refractivity contribution in [2.24, 2.45) is 16.8 Å². The topological polar surface area (TPSA) is 42.9 Å². The van der Waals surface area contributed by atoms with Crippen LogP contribution < -0.4 is 10.6 Å². The van der Waals surface area contributed by atoms with Crippen molar-refractivity contribution in [2.45, 2.75) is 64.5 Å². The first-order valence-corrected chi connectivity index (χ1v) is 10.6. The van der Waals surface area contributed by atoms with E-state index in [2.05, 4.69) is 39.3 Å². The Morgan fingerprint density at radius 3 is 2.42 bits per heavy atom. The molecule has 152 valence electrons. The van der Waals surface area contributed by atoms with E-state index < -0.39 is 0 Å². The molecule has 0 aromatic carbocycles. The molecular formula is C20H40IN5. The second-order valence-electron chi connectivity index (χ2n) is 8.80. The molecule has 2 saturated heterocycles. The lowest BCUT2D eigenvalue weighted by atomic mass is 9.97. The molecule has 0 amide bonds. The molecule has 0 aromatic rings. The smallest absolute Gasteiger partial charge is 0.191 e. The number of aliphatic imine (C=N–C) groups is 1. The zero-order valence-corrected chi connectivity index (χ0v) is 19.4. The standard InChI is InChI=1S/C20H39N5.HI/c1-16(2)14-24-10-4-5-17(15-24)13-22-20(21-3)23-18-8-11-25(12-9-18)19-6-7-19;/h16-19H,4-15H2,1-3H3,(H2,21,22,23);1H. The Balaban J connectivity index is 0.00000243. The van der Waals surface area contributed by atoms with Crippen molar-refractivity contribution in [3.05, 3.63) is 0 Å². The molecule has 2 N–H and O–H groups in total. The van der Waals surface area contributed by atoms with E-state index in [0.29, 0.717) is 6.04 Å². The Morgan fingerprint density at radius 2 is 1.81 bits per heavy atom. The number of halogens is 1. The van der Waals surface area contributed by atoms with Crippen molar-refractivity contribution in [1.82, 2.24) is 20.4 Å². The summed E-state index contributed by atoms with van der Waals surface area (Å²) in [5, 5.41) is 7.27. The molecule has 3 rings (SSSR count). The predicted molar refractivity (Wildman–Crippen MR) is 122 cm³/mol. The molecule has 0 radical (unpaired) electrons. The SMILES string of the molecule is CN=C(NCC1CCCN(CC(C)C)C1)NC1CCN(C2CC2)CC1.I. The Morgan fingerprint density at radius 1 is 1.08 bits per heavy atom. The third-order valence-corrected chi connectivity index (χ3v) is 5.94. The molecule has 3 fully saturated rings. The molecule has 26 heavy (non-hydrogen) atoms. The lowest BCUT2D eigenvalue weighted by Gasteiger charge is -2.35. The summed E-state index contributed by atoms with van der Waals surface area (Å²) in [4.78, 5) is 9.79. The number of guanidine groups is 1. The summed E-state index contributed by atoms with van der Waals surface area (Å²) < 4.78 is 0. The van der Waals surface area contributed by atoms with Crippen LogP contribution in [0.3, 0.4) is 0 Å². The monoisotopic (exact) mass is 477 g/mol. The lowest BCUT2D eigenvalue weighted by Crippen LogP contribution is -2.50. The Bertz CT molecular complexity index is 430. The third-order valence-electron chi connectivity index (χ3n) is 5.94. The number of rotatable bonds is 6. The minimum atomic E-state index is 0. The number of hydrogen-bond donors (Lipinski definition) is 2. The van der Waals surface area contributed by atoms with Crippen LogP contribution in [-0.2, 0) is 0 Å². The molecule has 5 nitrogen and oxygen atoms in total. The van der Waals surface area contributed by atoms with Crippen LogP contribution in [0.2, 0.25) is 0 Å². The van der Waals surface area contributed by atoms with Crippen molar-refractivity contribution >= 4 is 29.9 Å². The normalized spacial score (nSPS) is 26.6. The van der Waals surface area contributed by atoms with Crippen LogP contribution in [0.5, 0.6) is 0 Å². The summed E-state index contributed by atoms with van der Waals surface area (Å²) in [5.74, 6) is 2.52. The van der Waals surface area contributed by atoms with Gasteiger partial charge in [-0.2, -0.15) is 0 Å². The second kappa shape index (κ2) is 11.1. The highest BCUT2D eigenvalue weighted by Crippen LogP contribution is 2.29. The van der Waals surface area contributed by atoms with Crippen molar-refractivity contribution < 1.29 is 0 Å². The van der Waals surface area contributed by atoms with Gasteiger partial charge < -0.3 is 20.4 Å². The first-order valence-electron chi connectivity index (χ1n) is 10.6. The summed E-state index contributed by atoms with van der Waals surface area (Å²) in [6.07, 6.45) is 8.04. The van der Waals surface area contributed by atoms with Crippen molar-refractivity contribution in [3.63, 3.8) is 0 Å². The maximum atomic E-state index is 4.47. The average Bonchev–Trinajstić information content (AvgIpc) is 3.44. The zero-order chi connectivity index (χ0) is 17.6. The van der Waals surface area contributed by atoms with E-state index in [1.165, 1.54) is 71.2 Å². The van der Waals surface area contributed by atoms with Crippen molar-refractivity contribution in [3.8, 4) is 0 Å². The number of hydrogen-bond acceptors (Lipinski definition) is 3. The van der Waals surface area contributed by atoms with Gasteiger partial charge >= 0.3 is 0 Å². The van der Waals surface area contributed by atoms with Gasteiger partial charge in [-0.25, -0.2) is 0 Å². The lowest BCUT2D eigenvalue weighted by molar-refractivity contribution is 0.159. The number of nitrogens with one attached hydrogen (secondary N) is 2. The number of likely N-dealkylation sites (tertiary alicyclic amines) is 2. The van der Waals surface area contributed by atoms with Gasteiger partial charge in [0.05, 0.1) is 0 Å². The van der Waals surface area contributed by atoms with Gasteiger partial charge in [-0.15, -0.1) is 24.0 Å². The number of piperidine rings is 2. The fourth-order valence-electron chi connectivity index (χ4n) is 4.48. The molecule has 1 atom stereocenters. The summed E-state index contributed by atoms with van der Waals surface area (Å²) in [5.41, 5.74) is 0. The third kappa shape index (κ3) is 7.15. The van der Waals surface area contributed by atoms with Crippen LogP contribution in [-0.4, -0.2) is 74.2 Å². The first kappa shape index (κ1) is 22.2. The van der Waals surface area contributed by atoms with E-state index in [1.807, 2.05) is 7.05 Å². The molecule has 6 heteroatoms. The van der Waals surface area contributed by atoms with E-state index >= 15 is 0 Å². The van der Waals surface area contributed by atoms with Gasteiger partial charge in [0, 0.05) is 51.9 Å². The quantitative estimate of drug-likeness (QED) is 0.351. The maximum absolute atomic E-state index is 4.47. The fraction of sp³-hybridized carbons (Fsp3) is 0.950. The van der Waals surface area contributed by atoms with Crippen LogP contribution in [0.25, 0.3) is 0 Å². The van der Waals surface area contributed by atoms with E-state index in [4.69, 9.17) is 0 Å². The van der Waals surface area contributed by atoms with Crippen molar-refractivity contribution in [1.29, 1.82) is 0 Å². The molecule has 1 aliphatic carbocycles. The van der Waals surface area contributed by atoms with E-state index in [-0.39, 0.29) is 24.0 Å². The molecule has 0 spiro atoms. The van der Waals surface area contributed by atoms with Crippen LogP contribution in [0.15, 0.2) is 4.99 Å². The number of nitrogens with zero attached hydrogens (tertiary/aromatic N) is 3. The molecular weight excluding hydrogens is 437 g/mol. The van der Waals surface area contributed by atoms with Crippen LogP contribution in [0.1, 0.15) is 52.4 Å². The molecule has 0 aromatic heterocycles. The molecule has 3 aliphatic rings. The molecule has 1 saturated carbocycles. The van der Waals surface area contributed by atoms with E-state index in [1.54, 1.807) is 0 Å². The van der Waals surface area contributed by atoms with Crippen LogP contribution >= 0.6 is 24.0 Å². The highest BCUT2D eigenvalue weighted by Gasteiger charge is 2.32. The first-order chi connectivity index (χ1) is 12.1. The van der Waals surface area contributed by atoms with Gasteiger partial charge in [-0.05, 0) is 56.9 Å². The van der Waals surface area contributed by atoms with Crippen LogP contribution in [0.4, 0.5) is 0 Å². The summed E-state index contributed by atoms with van der Waals surface area (Å²) in [6, 6.07) is 1.50. The highest BCUT2D eigenvalue weighted by atomic mass is 127. The zero-order valence-electron chi connectivity index (χ0n) is 17.0. The van der Waals surface area contributed by atoms with Gasteiger partial charge in [-0.1, -0.05) is 13.8 Å². The maximum Gasteiger partial charge on any atom is 0.191 e. The Kier molecular flexibility index (Phi) is 9.44. The molecule has 2 aliphatic heterocycles. The molecule has 0 bridgehead atoms. The predicted octanol–water partition coefficient (Wildman–Crippen LogP) is 2.76. The fourth-order valence-corrected chi connectivity index (χ4v) is 4.48. The average molecular weight is 477 g/mol. The molecule has 2 heterocycles. The summed E-state index contributed by atoms with van der Waals surface area (Å²) in [7, 11) is 1.90. The minimum absolute atomic E-state index is 0. The Hall–Kier alpha value is -0.0800. The summed E-state index contributed by atoms with van der Waals surface area (Å²) in [6.45, 7) is 12.0. The highest BCUT2D eigenvalue weighted by molar-refractivity contribution is 14.0. The van der Waals surface area contributed by atoms with Gasteiger partial charge in [0.1, 0.15) is 0 Å². The van der Waals surface area contributed by atoms with Gasteiger partial charge in [0.15, 0.2) is 5.96 Å². The second-order valence-corrected chi connectivity index (χ2v) is 8.80. The molecule has 1 unspecified atom stereocenters. The van der Waals surface area contributed by atoms with Crippen LogP contribution in [0, 0.1) is 11.8 Å². The van der Waals surface area contributed by atoms with E-state index in [9.17, 15) is 0 Å². The summed E-state index contributed by atoms with van der Waals surface area (Å²) >= 11 is 0. The van der Waals surface area contributed by atoms with Crippen molar-refractivity contribution in [2.75, 3.05) is 46.3 Å². The Labute approximate surface area is 177 Å². The van der Waals surface area contributed by atoms with Gasteiger partial charge in [0.25, 0.3) is 0 Å². The van der Waals surface area contributed by atoms with E-state index in [0.717, 1.165) is 30.4 Å². The van der Waals surface area contributed by atoms with Gasteiger partial charge in [-0.3, -0.25) is 4.99 Å². The van der Waals surface area contributed by atoms with Gasteiger partial charge in [0.2, 0.25) is 0 Å². The minimum Gasteiger partial charge on any atom is -0.356 e. The largest absolute Gasteiger partial charge is 0.356 e.